The number of rotatable bonds is 3. The first-order valence-corrected chi connectivity index (χ1v) is 5.62. The van der Waals surface area contributed by atoms with Crippen LogP contribution in [0.3, 0.4) is 0 Å². The average molecular weight is 254 g/mol. The van der Waals surface area contributed by atoms with Gasteiger partial charge in [0, 0.05) is 17.0 Å². The number of nitrogens with zero attached hydrogens (tertiary/aromatic N) is 1. The fourth-order valence-corrected chi connectivity index (χ4v) is 2.20. The van der Waals surface area contributed by atoms with E-state index in [9.17, 15) is 13.6 Å². The summed E-state index contributed by atoms with van der Waals surface area (Å²) < 4.78 is 26.2. The van der Waals surface area contributed by atoms with E-state index in [4.69, 9.17) is 5.73 Å². The minimum atomic E-state index is -0.676. The van der Waals surface area contributed by atoms with Crippen molar-refractivity contribution in [3.05, 3.63) is 40.9 Å². The molecule has 0 aliphatic carbocycles. The molecule has 0 fully saturated rings. The van der Waals surface area contributed by atoms with Crippen molar-refractivity contribution in [1.82, 2.24) is 4.98 Å². The summed E-state index contributed by atoms with van der Waals surface area (Å²) >= 11 is 1.18. The van der Waals surface area contributed by atoms with Gasteiger partial charge in [0.05, 0.1) is 12.1 Å². The fraction of sp³-hybridized carbons (Fsp3) is 0.0909. The monoisotopic (exact) mass is 254 g/mol. The van der Waals surface area contributed by atoms with Crippen molar-refractivity contribution in [2.24, 2.45) is 5.73 Å². The van der Waals surface area contributed by atoms with Crippen molar-refractivity contribution in [2.45, 2.75) is 6.42 Å². The lowest BCUT2D eigenvalue weighted by Crippen LogP contribution is -2.13. The standard InChI is InChI=1S/C11H8F2N2OS/c12-6-1-2-8(9(13)3-6)11-15-7(5-17-11)4-10(14)16/h1-3,5H,4H2,(H2,14,16). The van der Waals surface area contributed by atoms with Crippen LogP contribution in [0, 0.1) is 11.6 Å². The summed E-state index contributed by atoms with van der Waals surface area (Å²) in [7, 11) is 0. The lowest BCUT2D eigenvalue weighted by atomic mass is 10.2. The molecule has 2 rings (SSSR count). The molecule has 0 aliphatic rings. The molecule has 1 amide bonds. The highest BCUT2D eigenvalue weighted by molar-refractivity contribution is 7.13. The maximum Gasteiger partial charge on any atom is 0.223 e. The molecule has 0 spiro atoms. The van der Waals surface area contributed by atoms with Gasteiger partial charge in [-0.15, -0.1) is 11.3 Å². The third kappa shape index (κ3) is 2.65. The highest BCUT2D eigenvalue weighted by Gasteiger charge is 2.11. The van der Waals surface area contributed by atoms with Crippen LogP contribution < -0.4 is 5.73 Å². The lowest BCUT2D eigenvalue weighted by molar-refractivity contribution is -0.117. The SMILES string of the molecule is NC(=O)Cc1csc(-c2ccc(F)cc2F)n1. The van der Waals surface area contributed by atoms with E-state index in [0.29, 0.717) is 10.7 Å². The Morgan fingerprint density at radius 3 is 2.82 bits per heavy atom. The second-order valence-corrected chi connectivity index (χ2v) is 4.27. The molecule has 0 atom stereocenters. The van der Waals surface area contributed by atoms with Gasteiger partial charge < -0.3 is 5.73 Å². The molecule has 88 valence electrons. The normalized spacial score (nSPS) is 10.5. The van der Waals surface area contributed by atoms with E-state index in [2.05, 4.69) is 4.98 Å². The number of carbonyl (C=O) groups excluding carboxylic acids is 1. The quantitative estimate of drug-likeness (QED) is 0.912. The molecular weight excluding hydrogens is 246 g/mol. The van der Waals surface area contributed by atoms with Crippen molar-refractivity contribution in [3.63, 3.8) is 0 Å². The van der Waals surface area contributed by atoms with Gasteiger partial charge in [0.1, 0.15) is 16.6 Å². The smallest absolute Gasteiger partial charge is 0.223 e. The molecule has 1 aromatic heterocycles. The summed E-state index contributed by atoms with van der Waals surface area (Å²) in [6, 6.07) is 3.27. The maximum absolute atomic E-state index is 13.4. The number of hydrogen-bond donors (Lipinski definition) is 1. The minimum absolute atomic E-state index is 0.0132. The highest BCUT2D eigenvalue weighted by atomic mass is 32.1. The van der Waals surface area contributed by atoms with Gasteiger partial charge in [0.25, 0.3) is 0 Å². The highest BCUT2D eigenvalue weighted by Crippen LogP contribution is 2.26. The molecule has 0 bridgehead atoms. The number of primary amides is 1. The second kappa shape index (κ2) is 4.58. The topological polar surface area (TPSA) is 56.0 Å². The van der Waals surface area contributed by atoms with E-state index in [1.165, 1.54) is 17.4 Å². The Labute approximate surface area is 99.9 Å². The van der Waals surface area contributed by atoms with Gasteiger partial charge in [-0.1, -0.05) is 0 Å². The third-order valence-corrected chi connectivity index (χ3v) is 2.99. The molecule has 0 aliphatic heterocycles. The molecule has 3 nitrogen and oxygen atoms in total. The lowest BCUT2D eigenvalue weighted by Gasteiger charge is -1.98. The van der Waals surface area contributed by atoms with Crippen LogP contribution in [0.25, 0.3) is 10.6 Å². The molecule has 0 saturated carbocycles. The van der Waals surface area contributed by atoms with Crippen LogP contribution in [0.5, 0.6) is 0 Å². The van der Waals surface area contributed by atoms with E-state index in [0.717, 1.165) is 12.1 Å². The van der Waals surface area contributed by atoms with Crippen molar-refractivity contribution < 1.29 is 13.6 Å². The van der Waals surface area contributed by atoms with Crippen molar-refractivity contribution >= 4 is 17.2 Å². The van der Waals surface area contributed by atoms with Crippen molar-refractivity contribution in [2.75, 3.05) is 0 Å². The fourth-order valence-electron chi connectivity index (χ4n) is 1.35. The van der Waals surface area contributed by atoms with Crippen LogP contribution in [0.1, 0.15) is 5.69 Å². The summed E-state index contributed by atoms with van der Waals surface area (Å²) in [6.45, 7) is 0. The Kier molecular flexibility index (Phi) is 3.14. The van der Waals surface area contributed by atoms with Gasteiger partial charge in [-0.05, 0) is 12.1 Å². The molecule has 1 heterocycles. The zero-order valence-corrected chi connectivity index (χ0v) is 9.43. The number of amides is 1. The van der Waals surface area contributed by atoms with Crippen LogP contribution in [0.2, 0.25) is 0 Å². The summed E-state index contributed by atoms with van der Waals surface area (Å²) in [5, 5.41) is 2.03. The van der Waals surface area contributed by atoms with E-state index in [1.807, 2.05) is 0 Å². The number of thiazole rings is 1. The molecule has 6 heteroatoms. The van der Waals surface area contributed by atoms with E-state index < -0.39 is 17.5 Å². The minimum Gasteiger partial charge on any atom is -0.369 e. The Balaban J connectivity index is 2.33. The Morgan fingerprint density at radius 1 is 1.41 bits per heavy atom. The number of nitrogens with two attached hydrogens (primary N) is 1. The zero-order valence-electron chi connectivity index (χ0n) is 8.61. The first kappa shape index (κ1) is 11.7. The second-order valence-electron chi connectivity index (χ2n) is 3.41. The molecule has 1 aromatic carbocycles. The molecular formula is C11H8F2N2OS. The Morgan fingerprint density at radius 2 is 2.18 bits per heavy atom. The number of carbonyl (C=O) groups is 1. The van der Waals surface area contributed by atoms with Gasteiger partial charge in [-0.3, -0.25) is 4.79 Å². The number of halogens is 2. The molecule has 0 radical (unpaired) electrons. The number of aromatic nitrogens is 1. The van der Waals surface area contributed by atoms with Gasteiger partial charge in [-0.2, -0.15) is 0 Å². The van der Waals surface area contributed by atoms with Crippen LogP contribution in [-0.2, 0) is 11.2 Å². The van der Waals surface area contributed by atoms with Crippen LogP contribution in [0.15, 0.2) is 23.6 Å². The Hall–Kier alpha value is -1.82. The van der Waals surface area contributed by atoms with E-state index in [1.54, 1.807) is 5.38 Å². The van der Waals surface area contributed by atoms with Gasteiger partial charge in [-0.25, -0.2) is 13.8 Å². The third-order valence-electron chi connectivity index (χ3n) is 2.07. The van der Waals surface area contributed by atoms with Gasteiger partial charge in [0.15, 0.2) is 0 Å². The van der Waals surface area contributed by atoms with Crippen LogP contribution in [0.4, 0.5) is 8.78 Å². The van der Waals surface area contributed by atoms with Gasteiger partial charge in [0.2, 0.25) is 5.91 Å². The van der Waals surface area contributed by atoms with Crippen molar-refractivity contribution in [3.8, 4) is 10.6 Å². The summed E-state index contributed by atoms with van der Waals surface area (Å²) in [6.07, 6.45) is 0.0132. The largest absolute Gasteiger partial charge is 0.369 e. The molecule has 2 aromatic rings. The first-order valence-electron chi connectivity index (χ1n) is 4.74. The van der Waals surface area contributed by atoms with E-state index >= 15 is 0 Å². The summed E-state index contributed by atoms with van der Waals surface area (Å²) in [5.74, 6) is -1.81. The number of hydrogen-bond acceptors (Lipinski definition) is 3. The molecule has 17 heavy (non-hydrogen) atoms. The predicted octanol–water partition coefficient (Wildman–Crippen LogP) is 2.12. The van der Waals surface area contributed by atoms with E-state index in [-0.39, 0.29) is 12.0 Å². The summed E-state index contributed by atoms with van der Waals surface area (Å²) in [4.78, 5) is 14.8. The Bertz CT molecular complexity index is 568. The molecule has 2 N–H and O–H groups in total. The predicted molar refractivity (Wildman–Crippen MR) is 60.4 cm³/mol. The van der Waals surface area contributed by atoms with Crippen LogP contribution >= 0.6 is 11.3 Å². The van der Waals surface area contributed by atoms with Crippen molar-refractivity contribution in [1.29, 1.82) is 0 Å². The average Bonchev–Trinajstić information content (AvgIpc) is 2.65. The van der Waals surface area contributed by atoms with Gasteiger partial charge >= 0.3 is 0 Å². The number of benzene rings is 1. The first-order chi connectivity index (χ1) is 8.06. The molecule has 0 unspecified atom stereocenters. The molecule has 0 saturated heterocycles. The maximum atomic E-state index is 13.4. The summed E-state index contributed by atoms with van der Waals surface area (Å²) in [5.41, 5.74) is 5.73. The van der Waals surface area contributed by atoms with Crippen LogP contribution in [-0.4, -0.2) is 10.9 Å². The zero-order chi connectivity index (χ0) is 12.4.